The fourth-order valence-corrected chi connectivity index (χ4v) is 2.61. The first-order valence-corrected chi connectivity index (χ1v) is 8.35. The predicted octanol–water partition coefficient (Wildman–Crippen LogP) is 3.45. The van der Waals surface area contributed by atoms with Crippen LogP contribution in [-0.4, -0.2) is 36.0 Å². The third kappa shape index (κ3) is 3.25. The SMILES string of the molecule is C[C@@H](C(=O)O)n1cc(-c2nc(-c3ccc(F)cc3)c(-c3ccncc3)o2)nn1. The largest absolute Gasteiger partial charge is 0.480 e. The van der Waals surface area contributed by atoms with E-state index >= 15 is 0 Å². The van der Waals surface area contributed by atoms with Crippen LogP contribution in [-0.2, 0) is 4.79 Å². The number of rotatable bonds is 5. The van der Waals surface area contributed by atoms with E-state index in [0.717, 1.165) is 5.56 Å². The number of hydrogen-bond acceptors (Lipinski definition) is 6. The standard InChI is InChI=1S/C19H14FN5O3/c1-11(19(26)27)25-10-15(23-24-25)18-22-16(12-2-4-14(20)5-3-12)17(28-18)13-6-8-21-9-7-13/h2-11H,1H3,(H,26,27)/t11-/m0/s1. The molecule has 0 bridgehead atoms. The fourth-order valence-electron chi connectivity index (χ4n) is 2.61. The minimum absolute atomic E-state index is 0.176. The molecule has 4 aromatic rings. The van der Waals surface area contributed by atoms with E-state index < -0.39 is 12.0 Å². The van der Waals surface area contributed by atoms with Crippen LogP contribution in [0.5, 0.6) is 0 Å². The average Bonchev–Trinajstić information content (AvgIpc) is 3.36. The lowest BCUT2D eigenvalue weighted by Crippen LogP contribution is -2.15. The van der Waals surface area contributed by atoms with Crippen molar-refractivity contribution in [3.05, 3.63) is 60.8 Å². The van der Waals surface area contributed by atoms with Crippen molar-refractivity contribution in [1.82, 2.24) is 25.0 Å². The summed E-state index contributed by atoms with van der Waals surface area (Å²) in [7, 11) is 0. The molecule has 0 spiro atoms. The monoisotopic (exact) mass is 379 g/mol. The maximum Gasteiger partial charge on any atom is 0.328 e. The van der Waals surface area contributed by atoms with Crippen LogP contribution in [0.4, 0.5) is 4.39 Å². The average molecular weight is 379 g/mol. The molecular weight excluding hydrogens is 365 g/mol. The molecule has 0 unspecified atom stereocenters. The van der Waals surface area contributed by atoms with Gasteiger partial charge in [0.1, 0.15) is 17.6 Å². The van der Waals surface area contributed by atoms with Crippen molar-refractivity contribution in [1.29, 1.82) is 0 Å². The number of carbonyl (C=O) groups is 1. The van der Waals surface area contributed by atoms with Crippen molar-refractivity contribution in [2.75, 3.05) is 0 Å². The van der Waals surface area contributed by atoms with Crippen molar-refractivity contribution >= 4 is 5.97 Å². The number of oxazole rings is 1. The van der Waals surface area contributed by atoms with Gasteiger partial charge in [0, 0.05) is 23.5 Å². The van der Waals surface area contributed by atoms with Crippen LogP contribution < -0.4 is 0 Å². The summed E-state index contributed by atoms with van der Waals surface area (Å²) >= 11 is 0. The fraction of sp³-hybridized carbons (Fsp3) is 0.105. The van der Waals surface area contributed by atoms with Gasteiger partial charge in [-0.2, -0.15) is 0 Å². The zero-order valence-corrected chi connectivity index (χ0v) is 14.7. The third-order valence-electron chi connectivity index (χ3n) is 4.17. The lowest BCUT2D eigenvalue weighted by Gasteiger charge is -2.03. The Bertz CT molecular complexity index is 1120. The van der Waals surface area contributed by atoms with E-state index in [9.17, 15) is 9.18 Å². The number of carboxylic acids is 1. The minimum Gasteiger partial charge on any atom is -0.480 e. The maximum absolute atomic E-state index is 13.3. The minimum atomic E-state index is -1.03. The highest BCUT2D eigenvalue weighted by Crippen LogP contribution is 2.35. The summed E-state index contributed by atoms with van der Waals surface area (Å²) in [5.41, 5.74) is 2.19. The van der Waals surface area contributed by atoms with Crippen molar-refractivity contribution in [2.24, 2.45) is 0 Å². The molecule has 8 nitrogen and oxygen atoms in total. The normalized spacial score (nSPS) is 12.1. The van der Waals surface area contributed by atoms with Crippen LogP contribution >= 0.6 is 0 Å². The molecule has 3 aromatic heterocycles. The second-order valence-electron chi connectivity index (χ2n) is 6.04. The van der Waals surface area contributed by atoms with Gasteiger partial charge in [-0.1, -0.05) is 5.21 Å². The first-order chi connectivity index (χ1) is 13.5. The molecule has 0 amide bonds. The van der Waals surface area contributed by atoms with Crippen molar-refractivity contribution in [2.45, 2.75) is 13.0 Å². The van der Waals surface area contributed by atoms with Gasteiger partial charge in [-0.15, -0.1) is 5.10 Å². The molecule has 140 valence electrons. The van der Waals surface area contributed by atoms with E-state index in [1.54, 1.807) is 36.7 Å². The van der Waals surface area contributed by atoms with Gasteiger partial charge in [0.15, 0.2) is 11.5 Å². The Labute approximate surface area is 158 Å². The van der Waals surface area contributed by atoms with E-state index in [0.29, 0.717) is 17.0 Å². The van der Waals surface area contributed by atoms with Gasteiger partial charge in [-0.05, 0) is 43.3 Å². The van der Waals surface area contributed by atoms with Crippen molar-refractivity contribution < 1.29 is 18.7 Å². The second kappa shape index (κ2) is 7.03. The first kappa shape index (κ1) is 17.5. The van der Waals surface area contributed by atoms with Crippen LogP contribution in [0, 0.1) is 5.82 Å². The zero-order chi connectivity index (χ0) is 19.7. The highest BCUT2D eigenvalue weighted by Gasteiger charge is 2.22. The Kier molecular flexibility index (Phi) is 4.40. The lowest BCUT2D eigenvalue weighted by atomic mass is 10.1. The van der Waals surface area contributed by atoms with Gasteiger partial charge < -0.3 is 9.52 Å². The van der Waals surface area contributed by atoms with Gasteiger partial charge in [0.2, 0.25) is 5.89 Å². The Morgan fingerprint density at radius 3 is 2.54 bits per heavy atom. The highest BCUT2D eigenvalue weighted by atomic mass is 19.1. The summed E-state index contributed by atoms with van der Waals surface area (Å²) in [4.78, 5) is 19.6. The van der Waals surface area contributed by atoms with Gasteiger partial charge >= 0.3 is 5.97 Å². The third-order valence-corrected chi connectivity index (χ3v) is 4.17. The van der Waals surface area contributed by atoms with E-state index in [4.69, 9.17) is 9.52 Å². The number of benzene rings is 1. The van der Waals surface area contributed by atoms with Crippen LogP contribution in [0.25, 0.3) is 34.2 Å². The molecule has 0 saturated heterocycles. The Morgan fingerprint density at radius 1 is 1.14 bits per heavy atom. The molecule has 1 atom stereocenters. The molecule has 0 saturated carbocycles. The van der Waals surface area contributed by atoms with Crippen LogP contribution in [0.3, 0.4) is 0 Å². The number of nitrogens with zero attached hydrogens (tertiary/aromatic N) is 5. The van der Waals surface area contributed by atoms with Gasteiger partial charge in [0.05, 0.1) is 6.20 Å². The number of aromatic nitrogens is 5. The number of halogens is 1. The molecule has 4 rings (SSSR count). The van der Waals surface area contributed by atoms with Crippen molar-refractivity contribution in [3.8, 4) is 34.2 Å². The number of aliphatic carboxylic acids is 1. The molecule has 0 radical (unpaired) electrons. The van der Waals surface area contributed by atoms with Crippen LogP contribution in [0.1, 0.15) is 13.0 Å². The van der Waals surface area contributed by atoms with Gasteiger partial charge in [-0.3, -0.25) is 4.98 Å². The van der Waals surface area contributed by atoms with Crippen molar-refractivity contribution in [3.63, 3.8) is 0 Å². The lowest BCUT2D eigenvalue weighted by molar-refractivity contribution is -0.140. The zero-order valence-electron chi connectivity index (χ0n) is 14.7. The van der Waals surface area contributed by atoms with E-state index in [2.05, 4.69) is 20.3 Å². The summed E-state index contributed by atoms with van der Waals surface area (Å²) in [6, 6.07) is 8.53. The first-order valence-electron chi connectivity index (χ1n) is 8.35. The van der Waals surface area contributed by atoms with Gasteiger partial charge in [0.25, 0.3) is 0 Å². The topological polar surface area (TPSA) is 107 Å². The molecule has 3 heterocycles. The van der Waals surface area contributed by atoms with Gasteiger partial charge in [-0.25, -0.2) is 18.9 Å². The Hall–Kier alpha value is -3.88. The molecule has 1 aromatic carbocycles. The molecule has 0 aliphatic heterocycles. The quantitative estimate of drug-likeness (QED) is 0.566. The Balaban J connectivity index is 1.82. The second-order valence-corrected chi connectivity index (χ2v) is 6.04. The summed E-state index contributed by atoms with van der Waals surface area (Å²) in [5, 5.41) is 16.9. The molecule has 1 N–H and O–H groups in total. The number of hydrogen-bond donors (Lipinski definition) is 1. The molecule has 0 aliphatic rings. The smallest absolute Gasteiger partial charge is 0.328 e. The molecule has 28 heavy (non-hydrogen) atoms. The van der Waals surface area contributed by atoms with E-state index in [1.807, 2.05) is 0 Å². The van der Waals surface area contributed by atoms with E-state index in [-0.39, 0.29) is 17.4 Å². The van der Waals surface area contributed by atoms with Crippen LogP contribution in [0.15, 0.2) is 59.4 Å². The molecule has 0 fully saturated rings. The predicted molar refractivity (Wildman–Crippen MR) is 96.5 cm³/mol. The maximum atomic E-state index is 13.3. The summed E-state index contributed by atoms with van der Waals surface area (Å²) in [6.07, 6.45) is 4.70. The summed E-state index contributed by atoms with van der Waals surface area (Å²) in [5.74, 6) is -0.753. The van der Waals surface area contributed by atoms with E-state index in [1.165, 1.54) is 29.9 Å². The Morgan fingerprint density at radius 2 is 1.86 bits per heavy atom. The molecule has 9 heteroatoms. The highest BCUT2D eigenvalue weighted by molar-refractivity contribution is 5.78. The van der Waals surface area contributed by atoms with Crippen LogP contribution in [0.2, 0.25) is 0 Å². The summed E-state index contributed by atoms with van der Waals surface area (Å²) < 4.78 is 20.5. The molecule has 0 aliphatic carbocycles. The number of pyridine rings is 1. The molecular formula is C19H14FN5O3. The number of carboxylic acid groups (broad SMARTS) is 1. The summed E-state index contributed by atoms with van der Waals surface area (Å²) in [6.45, 7) is 1.49.